The number of phosphoric acid groups is 1. The maximum absolute atomic E-state index is 12.9. The number of nitrogens with zero attached hydrogens (tertiary/aromatic N) is 1. The number of hydrogen-bond acceptors (Lipinski definition) is 6. The van der Waals surface area contributed by atoms with E-state index in [9.17, 15) is 19.4 Å². The zero-order valence-corrected chi connectivity index (χ0v) is 45.3. The summed E-state index contributed by atoms with van der Waals surface area (Å²) in [6, 6.07) is -0.893. The topological polar surface area (TPSA) is 108 Å². The van der Waals surface area contributed by atoms with Crippen LogP contribution in [0.5, 0.6) is 0 Å². The molecular formula is C57H111N2O6P. The fourth-order valence-corrected chi connectivity index (χ4v) is 9.09. The van der Waals surface area contributed by atoms with Gasteiger partial charge in [0.15, 0.2) is 0 Å². The number of quaternary nitrogens is 1. The van der Waals surface area contributed by atoms with Gasteiger partial charge in [0.2, 0.25) is 5.91 Å². The van der Waals surface area contributed by atoms with Crippen LogP contribution >= 0.6 is 7.82 Å². The van der Waals surface area contributed by atoms with Crippen LogP contribution in [0.15, 0.2) is 36.5 Å². The maximum Gasteiger partial charge on any atom is 0.268 e. The van der Waals surface area contributed by atoms with E-state index in [-0.39, 0.29) is 19.1 Å². The molecule has 0 aromatic rings. The second-order valence-electron chi connectivity index (χ2n) is 20.6. The van der Waals surface area contributed by atoms with Crippen molar-refractivity contribution in [3.63, 3.8) is 0 Å². The third-order valence-corrected chi connectivity index (χ3v) is 13.8. The molecule has 0 saturated carbocycles. The molecule has 0 aromatic heterocycles. The van der Waals surface area contributed by atoms with Gasteiger partial charge in [-0.25, -0.2) is 0 Å². The number of allylic oxidation sites excluding steroid dienone is 5. The van der Waals surface area contributed by atoms with E-state index in [1.54, 1.807) is 6.08 Å². The lowest BCUT2D eigenvalue weighted by atomic mass is 10.0. The van der Waals surface area contributed by atoms with Crippen molar-refractivity contribution in [1.29, 1.82) is 0 Å². The standard InChI is InChI=1S/C57H111N2O6P/c1-6-8-10-12-14-16-18-20-21-22-23-24-25-26-27-28-29-30-31-32-33-34-35-36-37-39-40-42-44-46-48-50-56(60)55(54-65-66(62,63)64-53-52-59(3,4)5)58-57(61)51-49-47-45-43-41-38-19-17-15-13-11-9-7-2/h11,13,17,19,48,50,55-56,60H,6-10,12,14-16,18,20-47,49,51-54H2,1-5H3,(H-,58,61,62,63)/b13-11-,19-17-,50-48+. The van der Waals surface area contributed by atoms with Crippen molar-refractivity contribution in [3.8, 4) is 0 Å². The lowest BCUT2D eigenvalue weighted by Crippen LogP contribution is -2.45. The molecule has 0 rings (SSSR count). The molecule has 390 valence electrons. The molecule has 9 heteroatoms. The van der Waals surface area contributed by atoms with Crippen molar-refractivity contribution >= 4 is 13.7 Å². The summed E-state index contributed by atoms with van der Waals surface area (Å²) in [5, 5.41) is 13.8. The van der Waals surface area contributed by atoms with Gasteiger partial charge in [0.1, 0.15) is 13.2 Å². The maximum atomic E-state index is 12.9. The van der Waals surface area contributed by atoms with Crippen LogP contribution in [-0.4, -0.2) is 68.5 Å². The van der Waals surface area contributed by atoms with Gasteiger partial charge >= 0.3 is 0 Å². The van der Waals surface area contributed by atoms with Gasteiger partial charge in [-0.2, -0.15) is 0 Å². The normalized spacial score (nSPS) is 14.2. The van der Waals surface area contributed by atoms with E-state index in [2.05, 4.69) is 43.5 Å². The van der Waals surface area contributed by atoms with Gasteiger partial charge in [0.25, 0.3) is 7.82 Å². The van der Waals surface area contributed by atoms with E-state index < -0.39 is 20.0 Å². The van der Waals surface area contributed by atoms with Gasteiger partial charge in [0, 0.05) is 6.42 Å². The van der Waals surface area contributed by atoms with Gasteiger partial charge in [-0.3, -0.25) is 9.36 Å². The zero-order valence-electron chi connectivity index (χ0n) is 44.4. The molecule has 0 aliphatic heterocycles. The predicted molar refractivity (Wildman–Crippen MR) is 284 cm³/mol. The summed E-state index contributed by atoms with van der Waals surface area (Å²) in [6.45, 7) is 4.59. The molecule has 0 bridgehead atoms. The molecule has 8 nitrogen and oxygen atoms in total. The van der Waals surface area contributed by atoms with Crippen LogP contribution in [-0.2, 0) is 18.4 Å². The lowest BCUT2D eigenvalue weighted by Gasteiger charge is -2.29. The Balaban J connectivity index is 4.07. The second-order valence-corrected chi connectivity index (χ2v) is 22.1. The molecule has 0 saturated heterocycles. The molecule has 0 heterocycles. The summed E-state index contributed by atoms with van der Waals surface area (Å²) in [4.78, 5) is 25.4. The number of rotatable bonds is 52. The molecule has 3 unspecified atom stereocenters. The molecule has 0 aliphatic carbocycles. The molecule has 2 N–H and O–H groups in total. The summed E-state index contributed by atoms with van der Waals surface area (Å²) in [7, 11) is 1.25. The smallest absolute Gasteiger partial charge is 0.268 e. The quantitative estimate of drug-likeness (QED) is 0.0272. The summed E-state index contributed by atoms with van der Waals surface area (Å²) in [5.74, 6) is -0.210. The molecule has 0 aliphatic rings. The average molecular weight is 951 g/mol. The van der Waals surface area contributed by atoms with E-state index in [1.807, 2.05) is 27.2 Å². The largest absolute Gasteiger partial charge is 0.756 e. The summed E-state index contributed by atoms with van der Waals surface area (Å²) < 4.78 is 23.3. The number of unbranched alkanes of at least 4 members (excludes halogenated alkanes) is 35. The first kappa shape index (κ1) is 64.7. The van der Waals surface area contributed by atoms with Crippen molar-refractivity contribution in [2.75, 3.05) is 40.9 Å². The molecule has 0 spiro atoms. The Hall–Kier alpha value is -1.28. The molecule has 0 radical (unpaired) electrons. The number of phosphoric ester groups is 1. The van der Waals surface area contributed by atoms with Crippen molar-refractivity contribution in [2.45, 2.75) is 283 Å². The van der Waals surface area contributed by atoms with Crippen LogP contribution in [0.1, 0.15) is 271 Å². The Morgan fingerprint density at radius 2 is 0.909 bits per heavy atom. The minimum atomic E-state index is -4.60. The van der Waals surface area contributed by atoms with E-state index >= 15 is 0 Å². The number of hydrogen-bond donors (Lipinski definition) is 2. The SMILES string of the molecule is CCC/C=C\C/C=C\CCCCCCCC(=O)NC(COP(=O)([O-])OCC[N+](C)(C)C)C(O)/C=C/CCCCCCCCCCCCCCCCCCCCCCCCCCCCCCC. The Morgan fingerprint density at radius 1 is 0.530 bits per heavy atom. The minimum absolute atomic E-state index is 0.00385. The monoisotopic (exact) mass is 951 g/mol. The van der Waals surface area contributed by atoms with Crippen LogP contribution in [0.4, 0.5) is 0 Å². The number of amides is 1. The molecule has 3 atom stereocenters. The summed E-state index contributed by atoms with van der Waals surface area (Å²) in [5.41, 5.74) is 0. The van der Waals surface area contributed by atoms with Crippen LogP contribution < -0.4 is 10.2 Å². The fraction of sp³-hybridized carbons (Fsp3) is 0.877. The molecular weight excluding hydrogens is 840 g/mol. The fourth-order valence-electron chi connectivity index (χ4n) is 8.37. The van der Waals surface area contributed by atoms with Gasteiger partial charge < -0.3 is 28.8 Å². The molecule has 1 amide bonds. The number of likely N-dealkylation sites (N-methyl/N-ethyl adjacent to an activating group) is 1. The van der Waals surface area contributed by atoms with Gasteiger partial charge in [-0.05, 0) is 44.9 Å². The number of aliphatic hydroxyl groups excluding tert-OH is 1. The highest BCUT2D eigenvalue weighted by Crippen LogP contribution is 2.38. The highest BCUT2D eigenvalue weighted by Gasteiger charge is 2.23. The Labute approximate surface area is 410 Å². The number of aliphatic hydroxyl groups is 1. The van der Waals surface area contributed by atoms with E-state index in [4.69, 9.17) is 9.05 Å². The summed E-state index contributed by atoms with van der Waals surface area (Å²) >= 11 is 0. The molecule has 0 aromatic carbocycles. The Kier molecular flexibility index (Phi) is 47.8. The first-order valence-electron chi connectivity index (χ1n) is 28.4. The van der Waals surface area contributed by atoms with Crippen LogP contribution in [0.2, 0.25) is 0 Å². The van der Waals surface area contributed by atoms with Crippen LogP contribution in [0.25, 0.3) is 0 Å². The highest BCUT2D eigenvalue weighted by molar-refractivity contribution is 7.45. The Morgan fingerprint density at radius 3 is 1.32 bits per heavy atom. The van der Waals surface area contributed by atoms with Crippen molar-refractivity contribution in [1.82, 2.24) is 5.32 Å². The summed E-state index contributed by atoms with van der Waals surface area (Å²) in [6.07, 6.45) is 62.4. The van der Waals surface area contributed by atoms with E-state index in [1.165, 1.54) is 180 Å². The van der Waals surface area contributed by atoms with Crippen molar-refractivity contribution in [3.05, 3.63) is 36.5 Å². The second kappa shape index (κ2) is 48.7. The minimum Gasteiger partial charge on any atom is -0.756 e. The molecule has 0 fully saturated rings. The highest BCUT2D eigenvalue weighted by atomic mass is 31.2. The number of nitrogens with one attached hydrogen (secondary N) is 1. The van der Waals surface area contributed by atoms with Crippen molar-refractivity contribution in [2.24, 2.45) is 0 Å². The lowest BCUT2D eigenvalue weighted by molar-refractivity contribution is -0.870. The first-order chi connectivity index (χ1) is 32.0. The van der Waals surface area contributed by atoms with Crippen LogP contribution in [0.3, 0.4) is 0 Å². The van der Waals surface area contributed by atoms with Gasteiger partial charge in [-0.15, -0.1) is 0 Å². The van der Waals surface area contributed by atoms with Crippen LogP contribution in [0, 0.1) is 0 Å². The third kappa shape index (κ3) is 50.6. The zero-order chi connectivity index (χ0) is 48.5. The predicted octanol–water partition coefficient (Wildman–Crippen LogP) is 16.4. The van der Waals surface area contributed by atoms with Gasteiger partial charge in [0.05, 0.1) is 39.9 Å². The molecule has 66 heavy (non-hydrogen) atoms. The first-order valence-corrected chi connectivity index (χ1v) is 29.8. The third-order valence-electron chi connectivity index (χ3n) is 12.8. The van der Waals surface area contributed by atoms with E-state index in [0.29, 0.717) is 17.4 Å². The van der Waals surface area contributed by atoms with Crippen molar-refractivity contribution < 1.29 is 32.9 Å². The number of carbonyl (C=O) groups is 1. The van der Waals surface area contributed by atoms with E-state index in [0.717, 1.165) is 70.6 Å². The average Bonchev–Trinajstić information content (AvgIpc) is 3.28. The Bertz CT molecular complexity index is 1170. The van der Waals surface area contributed by atoms with Gasteiger partial charge in [-0.1, -0.05) is 256 Å². The number of carbonyl (C=O) groups excluding carboxylic acids is 1.